The van der Waals surface area contributed by atoms with Gasteiger partial charge >= 0.3 is 24.0 Å². The number of carboxylic acids is 2. The summed E-state index contributed by atoms with van der Waals surface area (Å²) in [5, 5.41) is 39.0. The number of anilines is 4. The third kappa shape index (κ3) is 16.8. The number of hydrogen-bond acceptors (Lipinski definition) is 16. The first-order valence-electron chi connectivity index (χ1n) is 35.4. The number of sulfone groups is 1. The minimum absolute atomic E-state index is 0.0971. The van der Waals surface area contributed by atoms with Crippen molar-refractivity contribution in [3.05, 3.63) is 248 Å². The second-order valence-corrected chi connectivity index (χ2v) is 27.9. The van der Waals surface area contributed by atoms with Crippen LogP contribution in [-0.4, -0.2) is 95.7 Å². The highest BCUT2D eigenvalue weighted by Crippen LogP contribution is 2.45. The van der Waals surface area contributed by atoms with E-state index in [9.17, 15) is 39.0 Å². The van der Waals surface area contributed by atoms with Crippen LogP contribution in [0.5, 0.6) is 34.5 Å². The molecule has 0 atom stereocenters. The Balaban J connectivity index is 0.957. The molecule has 2 aliphatic heterocycles. The molecule has 0 saturated carbocycles. The van der Waals surface area contributed by atoms with Crippen LogP contribution in [0, 0.1) is 0 Å². The molecule has 12 rings (SSSR count). The summed E-state index contributed by atoms with van der Waals surface area (Å²) in [5.74, 6) is 0.0825. The Labute approximate surface area is 629 Å². The van der Waals surface area contributed by atoms with Crippen LogP contribution < -0.4 is 66.1 Å². The Kier molecular flexibility index (Phi) is 23.0. The Morgan fingerprint density at radius 2 is 1.10 bits per heavy atom. The zero-order chi connectivity index (χ0) is 77.2. The van der Waals surface area contributed by atoms with E-state index in [0.717, 1.165) is 47.2 Å². The third-order valence-electron chi connectivity index (χ3n) is 18.4. The Bertz CT molecular complexity index is 5750. The fraction of sp³-hybridized carbons (Fsp3) is 0.198. The number of rotatable bonds is 28. The zero-order valence-electron chi connectivity index (χ0n) is 61.2. The van der Waals surface area contributed by atoms with Crippen molar-refractivity contribution in [1.29, 1.82) is 0 Å². The average Bonchev–Trinajstić information content (AvgIpc) is 0.739. The summed E-state index contributed by atoms with van der Waals surface area (Å²) in [6, 6.07) is 49.5. The van der Waals surface area contributed by atoms with Crippen LogP contribution in [-0.2, 0) is 38.7 Å². The van der Waals surface area contributed by atoms with Crippen LogP contribution in [0.4, 0.5) is 38.0 Å². The molecule has 0 radical (unpaired) electrons. The predicted octanol–water partition coefficient (Wildman–Crippen LogP) is 15.3. The number of urea groups is 2. The number of ketones is 2. The average molecular weight is 1490 g/mol. The van der Waals surface area contributed by atoms with Crippen LogP contribution in [0.15, 0.2) is 201 Å². The number of methoxy groups -OCH3 is 4. The highest BCUT2D eigenvalue weighted by molar-refractivity contribution is 7.91. The minimum atomic E-state index is -4.74. The predicted molar refractivity (Wildman–Crippen MR) is 417 cm³/mol. The molecule has 0 unspecified atom stereocenters. The number of benzene rings is 10. The summed E-state index contributed by atoms with van der Waals surface area (Å²) in [6.07, 6.45) is 5.03. The summed E-state index contributed by atoms with van der Waals surface area (Å²) in [4.78, 5) is 81.9. The summed E-state index contributed by atoms with van der Waals surface area (Å²) < 4.78 is 67.2. The van der Waals surface area contributed by atoms with Crippen LogP contribution in [0.3, 0.4) is 0 Å². The van der Waals surface area contributed by atoms with Gasteiger partial charge in [0.05, 0.1) is 60.4 Å². The lowest BCUT2D eigenvalue weighted by molar-refractivity contribution is -0.119. The number of aromatic carboxylic acids is 2. The molecule has 0 aromatic heterocycles. The van der Waals surface area contributed by atoms with Gasteiger partial charge in [0.15, 0.2) is 0 Å². The summed E-state index contributed by atoms with van der Waals surface area (Å²) in [6.45, 7) is 8.38. The second-order valence-electron chi connectivity index (χ2n) is 25.9. The van der Waals surface area contributed by atoms with Crippen molar-refractivity contribution in [3.8, 4) is 56.9 Å². The molecule has 109 heavy (non-hydrogen) atoms. The molecule has 0 saturated heterocycles. The van der Waals surface area contributed by atoms with Gasteiger partial charge in [-0.1, -0.05) is 62.4 Å². The second kappa shape index (κ2) is 33.2. The summed E-state index contributed by atoms with van der Waals surface area (Å²) in [7, 11) is 1.35. The highest BCUT2D eigenvalue weighted by atomic mass is 32.2. The lowest BCUT2D eigenvalue weighted by Gasteiger charge is -2.23. The third-order valence-corrected chi connectivity index (χ3v) is 20.2. The quantitative estimate of drug-likeness (QED) is 0.0224. The van der Waals surface area contributed by atoms with Crippen molar-refractivity contribution in [1.82, 2.24) is 10.6 Å². The number of nitrogens with zero attached hydrogens (tertiary/aromatic N) is 1. The molecule has 556 valence electrons. The van der Waals surface area contributed by atoms with Crippen molar-refractivity contribution < 1.29 is 75.5 Å². The molecule has 3 aliphatic rings. The highest BCUT2D eigenvalue weighted by Gasteiger charge is 2.30. The monoisotopic (exact) mass is 1480 g/mol. The van der Waals surface area contributed by atoms with Gasteiger partial charge in [0.25, 0.3) is 0 Å². The zero-order valence-corrected chi connectivity index (χ0v) is 62.0. The lowest BCUT2D eigenvalue weighted by atomic mass is 9.88. The minimum Gasteiger partial charge on any atom is -0.496 e. The number of ether oxygens (including phenoxy) is 5. The maximum absolute atomic E-state index is 15.3. The topological polar surface area (TPSA) is 309 Å². The van der Waals surface area contributed by atoms with Gasteiger partial charge in [0.1, 0.15) is 63.1 Å². The van der Waals surface area contributed by atoms with Crippen LogP contribution in [0.2, 0.25) is 0 Å². The Morgan fingerprint density at radius 3 is 1.74 bits per heavy atom. The number of hydrogen-bond donors (Lipinski definition) is 7. The molecule has 7 N–H and O–H groups in total. The molecule has 0 bridgehead atoms. The molecule has 0 spiro atoms. The number of nitrogens with one attached hydrogen (secondary N) is 5. The molecule has 23 heteroatoms. The first-order valence-corrected chi connectivity index (χ1v) is 36.9. The van der Waals surface area contributed by atoms with Crippen molar-refractivity contribution in [2.24, 2.45) is 4.99 Å². The number of Topliss-reactive ketones (excluding diaryl/α,β-unsaturated/α-hetero) is 2. The van der Waals surface area contributed by atoms with E-state index in [4.69, 9.17) is 33.1 Å². The maximum Gasteiger partial charge on any atom is 0.336 e. The normalized spacial score (nSPS) is 12.0. The number of carboxylic acid groups (broad SMARTS) is 2. The molecule has 0 fully saturated rings. The van der Waals surface area contributed by atoms with Crippen molar-refractivity contribution in [2.75, 3.05) is 57.5 Å². The van der Waals surface area contributed by atoms with E-state index in [0.29, 0.717) is 144 Å². The van der Waals surface area contributed by atoms with Gasteiger partial charge in [-0.05, 0) is 181 Å². The van der Waals surface area contributed by atoms with Gasteiger partial charge < -0.3 is 64.9 Å². The standard InChI is InChI=1S/C86H80N6O16S/c1-9-13-59(93)37-51-17-33-71(79(41-51)105-7)89-55-23-29-67-77(45-55)108-78-46-56(90-72-34-18-52(42-80(72)106-8)38-60(94)14-10-2)24-30-68(78)82(67)64-32-26-62(48-70(64)84(97)98)109(101,102)61-25-31-63(69(47-61)83(95)96)81-65-27-15-49(35-53-19-21-57(43-73(53)103-5)91-85(99)87-11-3)39-75(65)107-76-40-50(16-28-66(76)81)36-54-20-22-58(44-74(54)104-6)92-86(100)88-12-4/h15-35,39-48,89H,9-14,36-38H2,1-8H3,(H,95,96)(H,97,98)(H2,87,91,99)(H2,88,92,100)/b49-35+,90-56?. The number of fused-ring (bicyclic) bond motifs is 4. The van der Waals surface area contributed by atoms with Gasteiger partial charge in [0, 0.05) is 125 Å². The molecule has 2 heterocycles. The molecular formula is C86H80N6O16S. The molecule has 22 nitrogen and oxygen atoms in total. The maximum atomic E-state index is 15.3. The molecule has 9 aromatic carbocycles. The van der Waals surface area contributed by atoms with Gasteiger partial charge in [-0.2, -0.15) is 0 Å². The first-order chi connectivity index (χ1) is 52.6. The van der Waals surface area contributed by atoms with E-state index in [-0.39, 0.29) is 58.9 Å². The number of carbonyl (C=O) groups excluding carboxylic acids is 4. The van der Waals surface area contributed by atoms with Crippen molar-refractivity contribution in [2.45, 2.75) is 82.4 Å². The fourth-order valence-corrected chi connectivity index (χ4v) is 14.7. The van der Waals surface area contributed by atoms with Crippen molar-refractivity contribution in [3.63, 3.8) is 0 Å². The lowest BCUT2D eigenvalue weighted by Crippen LogP contribution is -2.28. The van der Waals surface area contributed by atoms with Crippen LogP contribution >= 0.6 is 0 Å². The molecule has 1 aliphatic carbocycles. The van der Waals surface area contributed by atoms with Gasteiger partial charge in [-0.3, -0.25) is 9.59 Å². The van der Waals surface area contributed by atoms with Crippen molar-refractivity contribution >= 4 is 96.5 Å². The number of amides is 4. The van der Waals surface area contributed by atoms with E-state index in [1.165, 1.54) is 52.7 Å². The van der Waals surface area contributed by atoms with Crippen LogP contribution in [0.1, 0.15) is 113 Å². The fourth-order valence-electron chi connectivity index (χ4n) is 13.4. The molecule has 4 amide bonds. The molecule has 9 aromatic rings. The van der Waals surface area contributed by atoms with E-state index in [1.807, 2.05) is 76.2 Å². The smallest absolute Gasteiger partial charge is 0.336 e. The van der Waals surface area contributed by atoms with E-state index >= 15 is 8.42 Å². The first kappa shape index (κ1) is 75.7. The summed E-state index contributed by atoms with van der Waals surface area (Å²) >= 11 is 0. The van der Waals surface area contributed by atoms with Gasteiger partial charge in [-0.15, -0.1) is 0 Å². The van der Waals surface area contributed by atoms with E-state index in [2.05, 4.69) is 26.6 Å². The van der Waals surface area contributed by atoms with Gasteiger partial charge in [-0.25, -0.2) is 32.6 Å². The number of carbonyl (C=O) groups is 6. The molecular weight excluding hydrogens is 1410 g/mol. The largest absolute Gasteiger partial charge is 0.496 e. The van der Waals surface area contributed by atoms with Gasteiger partial charge in [0.2, 0.25) is 9.84 Å². The van der Waals surface area contributed by atoms with Crippen LogP contribution in [0.25, 0.3) is 45.1 Å². The summed E-state index contributed by atoms with van der Waals surface area (Å²) in [5.41, 5.74) is 7.81. The van der Waals surface area contributed by atoms with E-state index in [1.54, 1.807) is 103 Å². The Morgan fingerprint density at radius 1 is 0.514 bits per heavy atom. The van der Waals surface area contributed by atoms with E-state index < -0.39 is 42.7 Å². The SMILES string of the molecule is CCCC(=O)Cc1ccc(N=c2ccc3c(-c4ccc(S(=O)(=O)c5ccc(C6=c7cc/c(=C\c8ccc(NC(=O)NCC)cc8OC)cc7Oc7cc(Cc8ccc(NC(=O)NCC)cc8OC)ccc76)c(C(=O)O)c5)cc4C(=O)O)c4ccc(Nc5ccc(CC(=O)CCC)cc5OC)cc4oc-3c2)c(OC)c1. The Hall–Kier alpha value is -13.0.